The Kier molecular flexibility index (Phi) is 5.04. The van der Waals surface area contributed by atoms with E-state index in [0.29, 0.717) is 5.56 Å². The van der Waals surface area contributed by atoms with Gasteiger partial charge in [0.15, 0.2) is 4.90 Å². The van der Waals surface area contributed by atoms with Gasteiger partial charge in [0.1, 0.15) is 5.82 Å². The minimum Gasteiger partial charge on any atom is -0.611 e. The van der Waals surface area contributed by atoms with E-state index >= 15 is 0 Å². The van der Waals surface area contributed by atoms with Gasteiger partial charge in [-0.3, -0.25) is 0 Å². The summed E-state index contributed by atoms with van der Waals surface area (Å²) < 4.78 is 63.5. The van der Waals surface area contributed by atoms with E-state index in [1.165, 1.54) is 13.0 Å². The maximum absolute atomic E-state index is 14.3. The van der Waals surface area contributed by atoms with E-state index in [9.17, 15) is 22.1 Å². The van der Waals surface area contributed by atoms with E-state index in [2.05, 4.69) is 0 Å². The van der Waals surface area contributed by atoms with Crippen LogP contribution in [0, 0.1) is 12.7 Å². The van der Waals surface area contributed by atoms with Gasteiger partial charge in [0.05, 0.1) is 5.02 Å². The van der Waals surface area contributed by atoms with E-state index in [1.807, 2.05) is 0 Å². The number of rotatable bonds is 3. The number of alkyl halides is 3. The highest BCUT2D eigenvalue weighted by Gasteiger charge is 2.37. The van der Waals surface area contributed by atoms with Crippen LogP contribution in [0.3, 0.4) is 0 Å². The van der Waals surface area contributed by atoms with E-state index in [0.717, 1.165) is 0 Å². The van der Waals surface area contributed by atoms with Crippen LogP contribution in [-0.2, 0) is 11.2 Å². The van der Waals surface area contributed by atoms with Gasteiger partial charge in [-0.15, -0.1) is 0 Å². The molecule has 0 aliphatic carbocycles. The van der Waals surface area contributed by atoms with Crippen LogP contribution >= 0.6 is 11.6 Å². The molecule has 7 heteroatoms. The molecule has 0 bridgehead atoms. The maximum atomic E-state index is 14.3. The predicted octanol–water partition coefficient (Wildman–Crippen LogP) is 5.12. The minimum atomic E-state index is -4.58. The van der Waals surface area contributed by atoms with Gasteiger partial charge in [0.25, 0.3) is 0 Å². The van der Waals surface area contributed by atoms with Crippen LogP contribution in [-0.4, -0.2) is 16.5 Å². The van der Waals surface area contributed by atoms with Crippen molar-refractivity contribution in [2.45, 2.75) is 18.0 Å². The minimum absolute atomic E-state index is 0.0294. The maximum Gasteiger partial charge on any atom is 0.433 e. The highest BCUT2D eigenvalue weighted by molar-refractivity contribution is 7.91. The lowest BCUT2D eigenvalue weighted by Gasteiger charge is -2.17. The topological polar surface area (TPSA) is 23.1 Å². The first kappa shape index (κ1) is 17.1. The van der Waals surface area contributed by atoms with Crippen molar-refractivity contribution >= 4 is 22.8 Å². The molecule has 0 fully saturated rings. The van der Waals surface area contributed by atoms with Crippen LogP contribution in [0.1, 0.15) is 5.56 Å². The van der Waals surface area contributed by atoms with Gasteiger partial charge < -0.3 is 4.55 Å². The molecule has 0 heterocycles. The molecule has 2 rings (SSSR count). The van der Waals surface area contributed by atoms with Gasteiger partial charge in [-0.2, -0.15) is 13.2 Å². The van der Waals surface area contributed by atoms with Crippen LogP contribution in [0.4, 0.5) is 17.6 Å². The van der Waals surface area contributed by atoms with Crippen molar-refractivity contribution in [1.29, 1.82) is 0 Å². The molecule has 0 aromatic heterocycles. The summed E-state index contributed by atoms with van der Waals surface area (Å²) in [6, 6.07) is 9.42. The van der Waals surface area contributed by atoms with Crippen molar-refractivity contribution < 1.29 is 22.1 Å². The molecule has 1 nitrogen and oxygen atoms in total. The molecule has 0 amide bonds. The zero-order valence-electron chi connectivity index (χ0n) is 11.4. The van der Waals surface area contributed by atoms with E-state index in [1.54, 1.807) is 30.3 Å². The highest BCUT2D eigenvalue weighted by atomic mass is 35.5. The lowest BCUT2D eigenvalue weighted by atomic mass is 10.0. The highest BCUT2D eigenvalue weighted by Crippen LogP contribution is 2.36. The molecule has 2 aromatic rings. The van der Waals surface area contributed by atoms with Crippen molar-refractivity contribution in [1.82, 2.24) is 0 Å². The Morgan fingerprint density at radius 3 is 2.32 bits per heavy atom. The fraction of sp³-hybridized carbons (Fsp3) is 0.200. The molecule has 2 aromatic carbocycles. The molecular formula is C15H11ClF4OS. The molecule has 22 heavy (non-hydrogen) atoms. The third kappa shape index (κ3) is 3.74. The van der Waals surface area contributed by atoms with Gasteiger partial charge in [-0.1, -0.05) is 41.9 Å². The summed E-state index contributed by atoms with van der Waals surface area (Å²) in [6.07, 6.45) is -4.58. The molecule has 0 aliphatic heterocycles. The molecule has 0 saturated heterocycles. The molecule has 0 aliphatic rings. The Morgan fingerprint density at radius 2 is 1.77 bits per heavy atom. The molecule has 0 saturated carbocycles. The van der Waals surface area contributed by atoms with E-state index in [4.69, 9.17) is 11.6 Å². The van der Waals surface area contributed by atoms with Crippen molar-refractivity contribution in [2.75, 3.05) is 5.75 Å². The van der Waals surface area contributed by atoms with Crippen LogP contribution < -0.4 is 0 Å². The first-order valence-electron chi connectivity index (χ1n) is 6.20. The number of halogens is 5. The standard InChI is InChI=1S/C15H11ClF4OS/c1-9-12(22(21)8-15(18,19)20)7-11(14(17)13(9)16)10-5-3-2-4-6-10/h2-7H,8H2,1H3. The molecule has 0 spiro atoms. The molecular weight excluding hydrogens is 340 g/mol. The number of hydrogen-bond donors (Lipinski definition) is 0. The zero-order chi connectivity index (χ0) is 16.5. The lowest BCUT2D eigenvalue weighted by Crippen LogP contribution is -2.23. The van der Waals surface area contributed by atoms with Crippen molar-refractivity contribution in [3.8, 4) is 11.1 Å². The van der Waals surface area contributed by atoms with Gasteiger partial charge >= 0.3 is 6.18 Å². The first-order chi connectivity index (χ1) is 10.2. The fourth-order valence-corrected chi connectivity index (χ4v) is 3.39. The largest absolute Gasteiger partial charge is 0.611 e. The summed E-state index contributed by atoms with van der Waals surface area (Å²) in [6.45, 7) is 1.35. The summed E-state index contributed by atoms with van der Waals surface area (Å²) in [7, 11) is 0. The Labute approximate surface area is 133 Å². The fourth-order valence-electron chi connectivity index (χ4n) is 1.98. The Bertz CT molecular complexity index is 673. The van der Waals surface area contributed by atoms with Gasteiger partial charge in [-0.05, 0) is 23.7 Å². The van der Waals surface area contributed by atoms with Crippen molar-refractivity contribution in [3.05, 3.63) is 52.8 Å². The Hall–Kier alpha value is -1.24. The normalized spacial score (nSPS) is 13.2. The molecule has 0 radical (unpaired) electrons. The van der Waals surface area contributed by atoms with Crippen LogP contribution in [0.25, 0.3) is 11.1 Å². The van der Waals surface area contributed by atoms with Gasteiger partial charge in [-0.25, -0.2) is 4.39 Å². The summed E-state index contributed by atoms with van der Waals surface area (Å²) in [4.78, 5) is -0.109. The number of benzene rings is 2. The average molecular weight is 351 g/mol. The Morgan fingerprint density at radius 1 is 1.18 bits per heavy atom. The smallest absolute Gasteiger partial charge is 0.433 e. The van der Waals surface area contributed by atoms with Crippen LogP contribution in [0.15, 0.2) is 41.3 Å². The summed E-state index contributed by atoms with van der Waals surface area (Å²) >= 11 is 3.52. The lowest BCUT2D eigenvalue weighted by molar-refractivity contribution is -0.106. The monoisotopic (exact) mass is 350 g/mol. The summed E-state index contributed by atoms with van der Waals surface area (Å²) in [5.41, 5.74) is 0.537. The van der Waals surface area contributed by atoms with E-state index < -0.39 is 28.9 Å². The quantitative estimate of drug-likeness (QED) is 0.556. The van der Waals surface area contributed by atoms with E-state index in [-0.39, 0.29) is 21.0 Å². The third-order valence-corrected chi connectivity index (χ3v) is 4.98. The summed E-state index contributed by atoms with van der Waals surface area (Å²) in [5.74, 6) is -2.23. The number of hydrogen-bond acceptors (Lipinski definition) is 1. The second kappa shape index (κ2) is 6.48. The van der Waals surface area contributed by atoms with Gasteiger partial charge in [0, 0.05) is 17.2 Å². The molecule has 1 unspecified atom stereocenters. The zero-order valence-corrected chi connectivity index (χ0v) is 12.9. The second-order valence-electron chi connectivity index (χ2n) is 4.65. The summed E-state index contributed by atoms with van der Waals surface area (Å²) in [5, 5.41) is -0.313. The van der Waals surface area contributed by atoms with Crippen LogP contribution in [0.5, 0.6) is 0 Å². The van der Waals surface area contributed by atoms with Crippen molar-refractivity contribution in [2.24, 2.45) is 0 Å². The second-order valence-corrected chi connectivity index (χ2v) is 6.44. The predicted molar refractivity (Wildman–Crippen MR) is 78.9 cm³/mol. The Balaban J connectivity index is 2.54. The van der Waals surface area contributed by atoms with Gasteiger partial charge in [0.2, 0.25) is 5.75 Å². The molecule has 1 atom stereocenters. The molecule has 0 N–H and O–H groups in total. The SMILES string of the molecule is Cc1c([S+]([O-])CC(F)(F)F)cc(-c2ccccc2)c(F)c1Cl. The van der Waals surface area contributed by atoms with Crippen LogP contribution in [0.2, 0.25) is 5.02 Å². The molecule has 118 valence electrons. The third-order valence-electron chi connectivity index (χ3n) is 3.03. The first-order valence-corrected chi connectivity index (χ1v) is 7.89. The van der Waals surface area contributed by atoms with Crippen molar-refractivity contribution in [3.63, 3.8) is 0 Å². The average Bonchev–Trinajstić information content (AvgIpc) is 2.44.